The molecule has 0 saturated carbocycles. The van der Waals surface area contributed by atoms with Crippen LogP contribution in [-0.2, 0) is 13.1 Å². The van der Waals surface area contributed by atoms with Crippen LogP contribution in [-0.4, -0.2) is 56.3 Å². The van der Waals surface area contributed by atoms with E-state index in [1.54, 1.807) is 12.3 Å². The fourth-order valence-electron chi connectivity index (χ4n) is 3.94. The summed E-state index contributed by atoms with van der Waals surface area (Å²) < 4.78 is 15.2. The molecule has 1 aliphatic heterocycles. The van der Waals surface area contributed by atoms with Crippen molar-refractivity contribution in [2.75, 3.05) is 19.6 Å². The van der Waals surface area contributed by atoms with Gasteiger partial charge in [0.2, 0.25) is 0 Å². The summed E-state index contributed by atoms with van der Waals surface area (Å²) in [5.74, 6) is -0.473. The van der Waals surface area contributed by atoms with Crippen molar-refractivity contribution in [2.45, 2.75) is 38.6 Å². The number of aliphatic hydroxyl groups excluding tert-OH is 1. The molecule has 4 rings (SSSR count). The van der Waals surface area contributed by atoms with Gasteiger partial charge in [0.15, 0.2) is 0 Å². The summed E-state index contributed by atoms with van der Waals surface area (Å²) in [5.41, 5.74) is 2.64. The number of halogens is 2. The molecule has 1 fully saturated rings. The molecule has 0 spiro atoms. The first kappa shape index (κ1) is 21.8. The van der Waals surface area contributed by atoms with E-state index in [9.17, 15) is 14.3 Å². The van der Waals surface area contributed by atoms with Gasteiger partial charge in [0.1, 0.15) is 5.82 Å². The van der Waals surface area contributed by atoms with Crippen LogP contribution in [0.2, 0.25) is 5.02 Å². The van der Waals surface area contributed by atoms with Crippen LogP contribution in [0.25, 0.3) is 11.0 Å². The minimum absolute atomic E-state index is 0.0325. The standard InChI is InChI=1S/C22H25ClFN5O2/c1-14-17(23)8-15(10-25-14)11-26-19-4-5-28(13-21(19)30)6-7-29-20-9-16(24)12-27-18(20)2-3-22(29)31/h2-3,8-10,12,19,21,26,30H,4-7,11,13H2,1H3/t19-,21+/m0/s1. The van der Waals surface area contributed by atoms with Crippen LogP contribution in [0.5, 0.6) is 0 Å². The van der Waals surface area contributed by atoms with Gasteiger partial charge < -0.3 is 15.0 Å². The van der Waals surface area contributed by atoms with Gasteiger partial charge >= 0.3 is 0 Å². The maximum atomic E-state index is 13.6. The van der Waals surface area contributed by atoms with Gasteiger partial charge in [0.25, 0.3) is 5.56 Å². The third-order valence-corrected chi connectivity index (χ3v) is 6.14. The lowest BCUT2D eigenvalue weighted by molar-refractivity contribution is 0.0385. The fourth-order valence-corrected chi connectivity index (χ4v) is 4.13. The number of piperidine rings is 1. The molecular formula is C22H25ClFN5O2. The molecule has 164 valence electrons. The van der Waals surface area contributed by atoms with E-state index in [0.29, 0.717) is 42.2 Å². The summed E-state index contributed by atoms with van der Waals surface area (Å²) >= 11 is 6.13. The third-order valence-electron chi connectivity index (χ3n) is 5.76. The molecule has 1 aliphatic rings. The van der Waals surface area contributed by atoms with Crippen LogP contribution in [0.1, 0.15) is 17.7 Å². The lowest BCUT2D eigenvalue weighted by atomic mass is 10.0. The van der Waals surface area contributed by atoms with Crippen molar-refractivity contribution in [2.24, 2.45) is 0 Å². The SMILES string of the molecule is Cc1ncc(CN[C@H]2CCN(CCn3c(=O)ccc4ncc(F)cc43)C[C@H]2O)cc1Cl. The lowest BCUT2D eigenvalue weighted by Gasteiger charge is -2.36. The number of rotatable bonds is 6. The van der Waals surface area contributed by atoms with Gasteiger partial charge in [-0.15, -0.1) is 0 Å². The second kappa shape index (κ2) is 9.40. The second-order valence-corrected chi connectivity index (χ2v) is 8.34. The molecule has 0 aromatic carbocycles. The van der Waals surface area contributed by atoms with Crippen LogP contribution in [0.3, 0.4) is 0 Å². The van der Waals surface area contributed by atoms with E-state index < -0.39 is 11.9 Å². The van der Waals surface area contributed by atoms with Gasteiger partial charge in [0, 0.05) is 50.6 Å². The van der Waals surface area contributed by atoms with Gasteiger partial charge in [-0.05, 0) is 37.6 Å². The Labute approximate surface area is 184 Å². The van der Waals surface area contributed by atoms with E-state index in [4.69, 9.17) is 11.6 Å². The van der Waals surface area contributed by atoms with Gasteiger partial charge in [-0.25, -0.2) is 4.39 Å². The molecule has 0 unspecified atom stereocenters. The zero-order chi connectivity index (χ0) is 22.0. The lowest BCUT2D eigenvalue weighted by Crippen LogP contribution is -2.53. The summed E-state index contributed by atoms with van der Waals surface area (Å²) in [5, 5.41) is 14.6. The van der Waals surface area contributed by atoms with Crippen LogP contribution < -0.4 is 10.9 Å². The predicted molar refractivity (Wildman–Crippen MR) is 118 cm³/mol. The highest BCUT2D eigenvalue weighted by atomic mass is 35.5. The Morgan fingerprint density at radius 1 is 1.26 bits per heavy atom. The average molecular weight is 446 g/mol. The van der Waals surface area contributed by atoms with E-state index in [0.717, 1.165) is 30.4 Å². The second-order valence-electron chi connectivity index (χ2n) is 7.94. The highest BCUT2D eigenvalue weighted by Gasteiger charge is 2.27. The zero-order valence-electron chi connectivity index (χ0n) is 17.3. The summed E-state index contributed by atoms with van der Waals surface area (Å²) in [7, 11) is 0. The monoisotopic (exact) mass is 445 g/mol. The number of β-amino-alcohol motifs (C(OH)–C–C–N with tert-alkyl or cyclic N) is 1. The van der Waals surface area contributed by atoms with E-state index >= 15 is 0 Å². The Bertz CT molecular complexity index is 1140. The smallest absolute Gasteiger partial charge is 0.251 e. The van der Waals surface area contributed by atoms with Gasteiger partial charge in [-0.3, -0.25) is 19.7 Å². The molecule has 2 N–H and O–H groups in total. The zero-order valence-corrected chi connectivity index (χ0v) is 18.0. The molecule has 31 heavy (non-hydrogen) atoms. The number of nitrogens with one attached hydrogen (secondary N) is 1. The van der Waals surface area contributed by atoms with E-state index in [-0.39, 0.29) is 11.6 Å². The number of aryl methyl sites for hydroxylation is 1. The predicted octanol–water partition coefficient (Wildman–Crippen LogP) is 2.12. The van der Waals surface area contributed by atoms with Gasteiger partial charge in [-0.2, -0.15) is 0 Å². The molecule has 0 bridgehead atoms. The quantitative estimate of drug-likeness (QED) is 0.604. The number of hydrogen-bond donors (Lipinski definition) is 2. The Kier molecular flexibility index (Phi) is 6.62. The van der Waals surface area contributed by atoms with Crippen LogP contribution in [0.4, 0.5) is 4.39 Å². The van der Waals surface area contributed by atoms with Crippen molar-refractivity contribution in [1.82, 2.24) is 24.8 Å². The number of aliphatic hydroxyl groups is 1. The molecule has 3 aromatic heterocycles. The largest absolute Gasteiger partial charge is 0.390 e. The molecule has 0 aliphatic carbocycles. The first-order chi connectivity index (χ1) is 14.9. The van der Waals surface area contributed by atoms with Crippen molar-refractivity contribution < 1.29 is 9.50 Å². The van der Waals surface area contributed by atoms with E-state index in [2.05, 4.69) is 20.2 Å². The Balaban J connectivity index is 1.34. The number of aromatic nitrogens is 3. The maximum absolute atomic E-state index is 13.6. The first-order valence-corrected chi connectivity index (χ1v) is 10.7. The molecule has 7 nitrogen and oxygen atoms in total. The fraction of sp³-hybridized carbons (Fsp3) is 0.409. The highest BCUT2D eigenvalue weighted by Crippen LogP contribution is 2.16. The number of likely N-dealkylation sites (tertiary alicyclic amines) is 1. The first-order valence-electron chi connectivity index (χ1n) is 10.3. The van der Waals surface area contributed by atoms with Crippen LogP contribution in [0.15, 0.2) is 41.5 Å². The molecule has 0 radical (unpaired) electrons. The van der Waals surface area contributed by atoms with E-state index in [1.165, 1.54) is 16.7 Å². The third kappa shape index (κ3) is 5.10. The van der Waals surface area contributed by atoms with Crippen molar-refractivity contribution >= 4 is 22.6 Å². The van der Waals surface area contributed by atoms with Crippen molar-refractivity contribution in [3.05, 3.63) is 69.1 Å². The maximum Gasteiger partial charge on any atom is 0.251 e. The van der Waals surface area contributed by atoms with Crippen molar-refractivity contribution in [3.8, 4) is 0 Å². The number of hydrogen-bond acceptors (Lipinski definition) is 6. The molecule has 1 saturated heterocycles. The average Bonchev–Trinajstić information content (AvgIpc) is 2.74. The molecule has 4 heterocycles. The summed E-state index contributed by atoms with van der Waals surface area (Å²) in [6, 6.07) is 6.24. The van der Waals surface area contributed by atoms with E-state index in [1.807, 2.05) is 13.0 Å². The topological polar surface area (TPSA) is 83.3 Å². The van der Waals surface area contributed by atoms with Gasteiger partial charge in [-0.1, -0.05) is 11.6 Å². The molecule has 3 aromatic rings. The molecule has 9 heteroatoms. The van der Waals surface area contributed by atoms with Crippen LogP contribution in [0, 0.1) is 12.7 Å². The number of pyridine rings is 3. The molecule has 0 amide bonds. The van der Waals surface area contributed by atoms with Crippen molar-refractivity contribution in [3.63, 3.8) is 0 Å². The number of fused-ring (bicyclic) bond motifs is 1. The minimum Gasteiger partial charge on any atom is -0.390 e. The Hall–Kier alpha value is -2.39. The highest BCUT2D eigenvalue weighted by molar-refractivity contribution is 6.31. The van der Waals surface area contributed by atoms with Gasteiger partial charge in [0.05, 0.1) is 34.1 Å². The number of nitrogens with zero attached hydrogens (tertiary/aromatic N) is 4. The normalized spacial score (nSPS) is 19.7. The van der Waals surface area contributed by atoms with Crippen molar-refractivity contribution in [1.29, 1.82) is 0 Å². The summed E-state index contributed by atoms with van der Waals surface area (Å²) in [4.78, 5) is 22.7. The summed E-state index contributed by atoms with van der Waals surface area (Å²) in [6.07, 6.45) is 3.17. The Morgan fingerprint density at radius 3 is 2.87 bits per heavy atom. The minimum atomic E-state index is -0.536. The summed E-state index contributed by atoms with van der Waals surface area (Å²) in [6.45, 7) is 4.71. The Morgan fingerprint density at radius 2 is 2.10 bits per heavy atom. The molecule has 2 atom stereocenters. The molecular weight excluding hydrogens is 421 g/mol. The van der Waals surface area contributed by atoms with Crippen LogP contribution >= 0.6 is 11.6 Å².